The molecule has 2 N–H and O–H groups in total. The van der Waals surface area contributed by atoms with Gasteiger partial charge in [-0.3, -0.25) is 4.79 Å². The Labute approximate surface area is 86.0 Å². The van der Waals surface area contributed by atoms with Crippen LogP contribution in [0.25, 0.3) is 0 Å². The fourth-order valence-corrected chi connectivity index (χ4v) is 2.02. The maximum absolute atomic E-state index is 10.9. The monoisotopic (exact) mass is 199 g/mol. The minimum atomic E-state index is -0.102. The van der Waals surface area contributed by atoms with Crippen LogP contribution in [0.5, 0.6) is 0 Å². The van der Waals surface area contributed by atoms with Crippen molar-refractivity contribution in [1.82, 2.24) is 0 Å². The average Bonchev–Trinajstić information content (AvgIpc) is 2.20. The van der Waals surface area contributed by atoms with E-state index in [2.05, 4.69) is 0 Å². The van der Waals surface area contributed by atoms with Crippen LogP contribution in [0.3, 0.4) is 0 Å². The number of nitrogens with two attached hydrogens (primary N) is 1. The summed E-state index contributed by atoms with van der Waals surface area (Å²) in [5.74, 6) is 0.461. The first-order valence-corrected chi connectivity index (χ1v) is 5.65. The molecule has 0 amide bonds. The SMILES string of the molecule is CCC(=O)OCCC1CCCCC1N. The molecule has 0 aliphatic heterocycles. The van der Waals surface area contributed by atoms with Crippen molar-refractivity contribution in [1.29, 1.82) is 0 Å². The van der Waals surface area contributed by atoms with Crippen LogP contribution in [0.4, 0.5) is 0 Å². The largest absolute Gasteiger partial charge is 0.466 e. The fourth-order valence-electron chi connectivity index (χ4n) is 2.02. The summed E-state index contributed by atoms with van der Waals surface area (Å²) >= 11 is 0. The van der Waals surface area contributed by atoms with Crippen LogP contribution in [-0.4, -0.2) is 18.6 Å². The van der Waals surface area contributed by atoms with E-state index >= 15 is 0 Å². The summed E-state index contributed by atoms with van der Waals surface area (Å²) in [6.07, 6.45) is 6.27. The third-order valence-corrected chi connectivity index (χ3v) is 3.01. The maximum atomic E-state index is 10.9. The second kappa shape index (κ2) is 6.02. The highest BCUT2D eigenvalue weighted by atomic mass is 16.5. The molecule has 1 saturated carbocycles. The van der Waals surface area contributed by atoms with Gasteiger partial charge in [-0.25, -0.2) is 0 Å². The van der Waals surface area contributed by atoms with Crippen LogP contribution in [0.1, 0.15) is 45.4 Å². The molecule has 3 heteroatoms. The van der Waals surface area contributed by atoms with Crippen molar-refractivity contribution < 1.29 is 9.53 Å². The van der Waals surface area contributed by atoms with Gasteiger partial charge in [0.05, 0.1) is 6.61 Å². The highest BCUT2D eigenvalue weighted by Gasteiger charge is 2.21. The molecule has 1 aliphatic carbocycles. The van der Waals surface area contributed by atoms with E-state index in [4.69, 9.17) is 10.5 Å². The molecule has 82 valence electrons. The minimum absolute atomic E-state index is 0.102. The normalized spacial score (nSPS) is 27.3. The topological polar surface area (TPSA) is 52.3 Å². The van der Waals surface area contributed by atoms with Gasteiger partial charge >= 0.3 is 5.97 Å². The van der Waals surface area contributed by atoms with Crippen molar-refractivity contribution in [2.24, 2.45) is 11.7 Å². The third kappa shape index (κ3) is 3.66. The molecule has 0 aromatic carbocycles. The Bertz CT molecular complexity index is 182. The number of hydrogen-bond acceptors (Lipinski definition) is 3. The van der Waals surface area contributed by atoms with Crippen molar-refractivity contribution in [3.8, 4) is 0 Å². The first kappa shape index (κ1) is 11.5. The molecule has 3 nitrogen and oxygen atoms in total. The molecule has 0 heterocycles. The molecule has 1 aliphatic rings. The zero-order chi connectivity index (χ0) is 10.4. The van der Waals surface area contributed by atoms with Gasteiger partial charge in [-0.2, -0.15) is 0 Å². The zero-order valence-corrected chi connectivity index (χ0v) is 9.00. The van der Waals surface area contributed by atoms with Crippen LogP contribution in [0, 0.1) is 5.92 Å². The van der Waals surface area contributed by atoms with E-state index in [1.807, 2.05) is 6.92 Å². The van der Waals surface area contributed by atoms with Gasteiger partial charge in [-0.15, -0.1) is 0 Å². The zero-order valence-electron chi connectivity index (χ0n) is 9.00. The lowest BCUT2D eigenvalue weighted by atomic mass is 9.83. The van der Waals surface area contributed by atoms with Crippen LogP contribution in [-0.2, 0) is 9.53 Å². The molecule has 1 rings (SSSR count). The van der Waals surface area contributed by atoms with Crippen molar-refractivity contribution in [3.63, 3.8) is 0 Å². The van der Waals surface area contributed by atoms with E-state index in [1.165, 1.54) is 19.3 Å². The number of rotatable bonds is 4. The molecule has 0 saturated heterocycles. The van der Waals surface area contributed by atoms with Gasteiger partial charge in [-0.1, -0.05) is 19.8 Å². The highest BCUT2D eigenvalue weighted by Crippen LogP contribution is 2.25. The van der Waals surface area contributed by atoms with E-state index in [-0.39, 0.29) is 5.97 Å². The van der Waals surface area contributed by atoms with Gasteiger partial charge in [-0.05, 0) is 25.2 Å². The Balaban J connectivity index is 2.13. The molecule has 0 radical (unpaired) electrons. The highest BCUT2D eigenvalue weighted by molar-refractivity contribution is 5.68. The summed E-state index contributed by atoms with van der Waals surface area (Å²) in [5, 5.41) is 0. The second-order valence-electron chi connectivity index (χ2n) is 4.07. The molecule has 0 spiro atoms. The smallest absolute Gasteiger partial charge is 0.305 e. The number of esters is 1. The lowest BCUT2D eigenvalue weighted by molar-refractivity contribution is -0.143. The Hall–Kier alpha value is -0.570. The van der Waals surface area contributed by atoms with Gasteiger partial charge in [0, 0.05) is 12.5 Å². The average molecular weight is 199 g/mol. The molecular formula is C11H21NO2. The first-order chi connectivity index (χ1) is 6.74. The standard InChI is InChI=1S/C11H21NO2/c1-2-11(13)14-8-7-9-5-3-4-6-10(9)12/h9-10H,2-8,12H2,1H3. The quantitative estimate of drug-likeness (QED) is 0.703. The van der Waals surface area contributed by atoms with Gasteiger partial charge in [0.2, 0.25) is 0 Å². The maximum Gasteiger partial charge on any atom is 0.305 e. The van der Waals surface area contributed by atoms with Crippen molar-refractivity contribution in [3.05, 3.63) is 0 Å². The van der Waals surface area contributed by atoms with E-state index in [1.54, 1.807) is 0 Å². The minimum Gasteiger partial charge on any atom is -0.466 e. The lowest BCUT2D eigenvalue weighted by Gasteiger charge is -2.28. The van der Waals surface area contributed by atoms with Gasteiger partial charge < -0.3 is 10.5 Å². The Kier molecular flexibility index (Phi) is 4.94. The Morgan fingerprint density at radius 1 is 1.43 bits per heavy atom. The lowest BCUT2D eigenvalue weighted by Crippen LogP contribution is -2.33. The molecule has 1 fully saturated rings. The van der Waals surface area contributed by atoms with Gasteiger partial charge in [0.25, 0.3) is 0 Å². The van der Waals surface area contributed by atoms with Crippen molar-refractivity contribution in [2.45, 2.75) is 51.5 Å². The molecule has 0 aromatic rings. The summed E-state index contributed by atoms with van der Waals surface area (Å²) in [7, 11) is 0. The van der Waals surface area contributed by atoms with Crippen LogP contribution in [0.2, 0.25) is 0 Å². The summed E-state index contributed by atoms with van der Waals surface area (Å²) < 4.78 is 5.05. The van der Waals surface area contributed by atoms with E-state index in [0.717, 1.165) is 12.8 Å². The number of hydrogen-bond donors (Lipinski definition) is 1. The van der Waals surface area contributed by atoms with E-state index in [9.17, 15) is 4.79 Å². The number of carbonyl (C=O) groups is 1. The van der Waals surface area contributed by atoms with Gasteiger partial charge in [0.1, 0.15) is 0 Å². The Morgan fingerprint density at radius 2 is 2.14 bits per heavy atom. The summed E-state index contributed by atoms with van der Waals surface area (Å²) in [6, 6.07) is 0.323. The summed E-state index contributed by atoms with van der Waals surface area (Å²) in [5.41, 5.74) is 5.99. The second-order valence-corrected chi connectivity index (χ2v) is 4.07. The predicted octanol–water partition coefficient (Wildman–Crippen LogP) is 1.85. The van der Waals surface area contributed by atoms with Crippen LogP contribution < -0.4 is 5.73 Å². The first-order valence-electron chi connectivity index (χ1n) is 5.65. The van der Waals surface area contributed by atoms with E-state index < -0.39 is 0 Å². The predicted molar refractivity (Wildman–Crippen MR) is 55.8 cm³/mol. The number of carbonyl (C=O) groups excluding carboxylic acids is 1. The molecule has 2 unspecified atom stereocenters. The van der Waals surface area contributed by atoms with Crippen molar-refractivity contribution >= 4 is 5.97 Å². The molecule has 14 heavy (non-hydrogen) atoms. The van der Waals surface area contributed by atoms with Crippen LogP contribution >= 0.6 is 0 Å². The molecular weight excluding hydrogens is 178 g/mol. The molecule has 2 atom stereocenters. The summed E-state index contributed by atoms with van der Waals surface area (Å²) in [4.78, 5) is 10.9. The third-order valence-electron chi connectivity index (χ3n) is 3.01. The molecule has 0 bridgehead atoms. The van der Waals surface area contributed by atoms with Crippen molar-refractivity contribution in [2.75, 3.05) is 6.61 Å². The number of ether oxygens (including phenoxy) is 1. The Morgan fingerprint density at radius 3 is 2.79 bits per heavy atom. The van der Waals surface area contributed by atoms with Gasteiger partial charge in [0.15, 0.2) is 0 Å². The molecule has 0 aromatic heterocycles. The van der Waals surface area contributed by atoms with E-state index in [0.29, 0.717) is 25.0 Å². The fraction of sp³-hybridized carbons (Fsp3) is 0.909. The van der Waals surface area contributed by atoms with Crippen LogP contribution in [0.15, 0.2) is 0 Å². The summed E-state index contributed by atoms with van der Waals surface area (Å²) in [6.45, 7) is 2.36.